The molecule has 2 rings (SSSR count). The summed E-state index contributed by atoms with van der Waals surface area (Å²) in [5.74, 6) is 0.767. The lowest BCUT2D eigenvalue weighted by Crippen LogP contribution is -2.50. The van der Waals surface area contributed by atoms with Crippen molar-refractivity contribution in [1.82, 2.24) is 10.2 Å². The SMILES string of the molecule is CCC1CN(C(C)=O)CCC1NC/C=C/c1ccccc1. The predicted molar refractivity (Wildman–Crippen MR) is 87.9 cm³/mol. The molecule has 1 fully saturated rings. The Morgan fingerprint density at radius 2 is 2.14 bits per heavy atom. The first-order valence-electron chi connectivity index (χ1n) is 7.91. The van der Waals surface area contributed by atoms with Gasteiger partial charge in [-0.3, -0.25) is 4.79 Å². The number of hydrogen-bond donors (Lipinski definition) is 1. The number of nitrogens with zero attached hydrogens (tertiary/aromatic N) is 1. The van der Waals surface area contributed by atoms with Crippen LogP contribution in [0.3, 0.4) is 0 Å². The van der Waals surface area contributed by atoms with Crippen LogP contribution in [0.1, 0.15) is 32.3 Å². The molecule has 1 saturated heterocycles. The van der Waals surface area contributed by atoms with Crippen LogP contribution in [0.5, 0.6) is 0 Å². The highest BCUT2D eigenvalue weighted by molar-refractivity contribution is 5.73. The Labute approximate surface area is 128 Å². The lowest BCUT2D eigenvalue weighted by molar-refractivity contribution is -0.131. The molecule has 1 amide bonds. The molecule has 1 aliphatic rings. The molecule has 1 heterocycles. The van der Waals surface area contributed by atoms with E-state index in [9.17, 15) is 4.79 Å². The fourth-order valence-corrected chi connectivity index (χ4v) is 2.98. The first kappa shape index (κ1) is 15.8. The van der Waals surface area contributed by atoms with E-state index in [-0.39, 0.29) is 5.91 Å². The number of nitrogens with one attached hydrogen (secondary N) is 1. The molecule has 0 spiro atoms. The standard InChI is InChI=1S/C18H26N2O/c1-3-17-14-20(15(2)21)13-11-18(17)19-12-7-10-16-8-5-4-6-9-16/h4-10,17-19H,3,11-14H2,1-2H3/b10-7+. The maximum atomic E-state index is 11.5. The first-order chi connectivity index (χ1) is 10.2. The Morgan fingerprint density at radius 1 is 1.38 bits per heavy atom. The normalized spacial score (nSPS) is 22.7. The molecule has 1 N–H and O–H groups in total. The van der Waals surface area contributed by atoms with Gasteiger partial charge in [-0.05, 0) is 17.9 Å². The van der Waals surface area contributed by atoms with Gasteiger partial charge < -0.3 is 10.2 Å². The van der Waals surface area contributed by atoms with E-state index in [1.54, 1.807) is 6.92 Å². The van der Waals surface area contributed by atoms with Crippen LogP contribution in [-0.4, -0.2) is 36.5 Å². The Bertz CT molecular complexity index is 469. The van der Waals surface area contributed by atoms with E-state index >= 15 is 0 Å². The molecule has 0 aliphatic carbocycles. The highest BCUT2D eigenvalue weighted by Crippen LogP contribution is 2.20. The third-order valence-electron chi connectivity index (χ3n) is 4.31. The quantitative estimate of drug-likeness (QED) is 0.902. The number of benzene rings is 1. The van der Waals surface area contributed by atoms with Gasteiger partial charge in [0.2, 0.25) is 5.91 Å². The summed E-state index contributed by atoms with van der Waals surface area (Å²) in [6.07, 6.45) is 6.50. The average molecular weight is 286 g/mol. The van der Waals surface area contributed by atoms with Crippen molar-refractivity contribution in [2.24, 2.45) is 5.92 Å². The zero-order valence-electron chi connectivity index (χ0n) is 13.1. The smallest absolute Gasteiger partial charge is 0.219 e. The summed E-state index contributed by atoms with van der Waals surface area (Å²) in [6.45, 7) is 6.54. The Balaban J connectivity index is 1.80. The molecule has 114 valence electrons. The summed E-state index contributed by atoms with van der Waals surface area (Å²) < 4.78 is 0. The van der Waals surface area contributed by atoms with Crippen molar-refractivity contribution in [2.45, 2.75) is 32.7 Å². The highest BCUT2D eigenvalue weighted by Gasteiger charge is 2.28. The van der Waals surface area contributed by atoms with Gasteiger partial charge in [-0.1, -0.05) is 55.8 Å². The van der Waals surface area contributed by atoms with Crippen molar-refractivity contribution in [2.75, 3.05) is 19.6 Å². The van der Waals surface area contributed by atoms with Gasteiger partial charge >= 0.3 is 0 Å². The van der Waals surface area contributed by atoms with Crippen LogP contribution in [0.2, 0.25) is 0 Å². The van der Waals surface area contributed by atoms with Gasteiger partial charge in [0.15, 0.2) is 0 Å². The summed E-state index contributed by atoms with van der Waals surface area (Å²) in [4.78, 5) is 13.5. The van der Waals surface area contributed by atoms with Crippen molar-refractivity contribution in [1.29, 1.82) is 0 Å². The maximum Gasteiger partial charge on any atom is 0.219 e. The average Bonchev–Trinajstić information content (AvgIpc) is 2.52. The molecule has 2 atom stereocenters. The molecular weight excluding hydrogens is 260 g/mol. The maximum absolute atomic E-state index is 11.5. The van der Waals surface area contributed by atoms with Crippen LogP contribution < -0.4 is 5.32 Å². The van der Waals surface area contributed by atoms with Crippen LogP contribution in [0.25, 0.3) is 6.08 Å². The summed E-state index contributed by atoms with van der Waals surface area (Å²) in [5, 5.41) is 3.63. The van der Waals surface area contributed by atoms with E-state index in [0.29, 0.717) is 12.0 Å². The topological polar surface area (TPSA) is 32.3 Å². The van der Waals surface area contributed by atoms with Crippen molar-refractivity contribution in [3.05, 3.63) is 42.0 Å². The lowest BCUT2D eigenvalue weighted by atomic mass is 9.90. The third kappa shape index (κ3) is 4.71. The Hall–Kier alpha value is -1.61. The second-order valence-corrected chi connectivity index (χ2v) is 5.75. The van der Waals surface area contributed by atoms with E-state index in [1.165, 1.54) is 5.56 Å². The molecule has 0 bridgehead atoms. The van der Waals surface area contributed by atoms with E-state index in [1.807, 2.05) is 11.0 Å². The second kappa shape index (κ2) is 7.99. The molecule has 1 aromatic carbocycles. The van der Waals surface area contributed by atoms with Crippen molar-refractivity contribution < 1.29 is 4.79 Å². The number of hydrogen-bond acceptors (Lipinski definition) is 2. The molecule has 21 heavy (non-hydrogen) atoms. The summed E-state index contributed by atoms with van der Waals surface area (Å²) in [7, 11) is 0. The zero-order valence-corrected chi connectivity index (χ0v) is 13.1. The minimum Gasteiger partial charge on any atom is -0.343 e. The van der Waals surface area contributed by atoms with E-state index in [0.717, 1.165) is 32.5 Å². The van der Waals surface area contributed by atoms with Gasteiger partial charge in [0, 0.05) is 32.6 Å². The summed E-state index contributed by atoms with van der Waals surface area (Å²) in [6, 6.07) is 10.9. The molecule has 3 nitrogen and oxygen atoms in total. The van der Waals surface area contributed by atoms with Crippen LogP contribution in [0, 0.1) is 5.92 Å². The third-order valence-corrected chi connectivity index (χ3v) is 4.31. The summed E-state index contributed by atoms with van der Waals surface area (Å²) >= 11 is 0. The molecule has 1 aromatic rings. The van der Waals surface area contributed by atoms with E-state index < -0.39 is 0 Å². The van der Waals surface area contributed by atoms with Crippen LogP contribution in [0.4, 0.5) is 0 Å². The number of likely N-dealkylation sites (tertiary alicyclic amines) is 1. The number of carbonyl (C=O) groups is 1. The fourth-order valence-electron chi connectivity index (χ4n) is 2.98. The molecular formula is C18H26N2O. The van der Waals surface area contributed by atoms with Crippen LogP contribution in [-0.2, 0) is 4.79 Å². The number of amides is 1. The summed E-state index contributed by atoms with van der Waals surface area (Å²) in [5.41, 5.74) is 1.23. The van der Waals surface area contributed by atoms with Gasteiger partial charge in [-0.15, -0.1) is 0 Å². The van der Waals surface area contributed by atoms with Crippen LogP contribution >= 0.6 is 0 Å². The molecule has 1 aliphatic heterocycles. The Kier molecular flexibility index (Phi) is 6.00. The lowest BCUT2D eigenvalue weighted by Gasteiger charge is -2.38. The zero-order chi connectivity index (χ0) is 15.1. The van der Waals surface area contributed by atoms with Gasteiger partial charge in [0.25, 0.3) is 0 Å². The molecule has 0 aromatic heterocycles. The minimum absolute atomic E-state index is 0.205. The van der Waals surface area contributed by atoms with Gasteiger partial charge in [0.05, 0.1) is 0 Å². The number of piperidine rings is 1. The number of rotatable bonds is 5. The van der Waals surface area contributed by atoms with Gasteiger partial charge in [-0.2, -0.15) is 0 Å². The fraction of sp³-hybridized carbons (Fsp3) is 0.500. The first-order valence-corrected chi connectivity index (χ1v) is 7.91. The number of carbonyl (C=O) groups excluding carboxylic acids is 1. The predicted octanol–water partition coefficient (Wildman–Crippen LogP) is 2.94. The monoisotopic (exact) mass is 286 g/mol. The molecule has 0 saturated carbocycles. The van der Waals surface area contributed by atoms with E-state index in [4.69, 9.17) is 0 Å². The van der Waals surface area contributed by atoms with Gasteiger partial charge in [-0.25, -0.2) is 0 Å². The highest BCUT2D eigenvalue weighted by atomic mass is 16.2. The minimum atomic E-state index is 0.205. The molecule has 3 heteroatoms. The molecule has 0 radical (unpaired) electrons. The van der Waals surface area contributed by atoms with E-state index in [2.05, 4.69) is 48.7 Å². The Morgan fingerprint density at radius 3 is 2.81 bits per heavy atom. The van der Waals surface area contributed by atoms with Crippen molar-refractivity contribution >= 4 is 12.0 Å². The van der Waals surface area contributed by atoms with Crippen molar-refractivity contribution in [3.8, 4) is 0 Å². The van der Waals surface area contributed by atoms with Crippen molar-refractivity contribution in [3.63, 3.8) is 0 Å². The molecule has 2 unspecified atom stereocenters. The van der Waals surface area contributed by atoms with Gasteiger partial charge in [0.1, 0.15) is 0 Å². The largest absolute Gasteiger partial charge is 0.343 e. The van der Waals surface area contributed by atoms with Crippen LogP contribution in [0.15, 0.2) is 36.4 Å². The second-order valence-electron chi connectivity index (χ2n) is 5.75.